The Morgan fingerprint density at radius 1 is 1.32 bits per heavy atom. The second kappa shape index (κ2) is 8.39. The maximum absolute atomic E-state index is 11.8. The highest BCUT2D eigenvalue weighted by molar-refractivity contribution is 7.99. The molecule has 0 saturated carbocycles. The van der Waals surface area contributed by atoms with Crippen LogP contribution in [0, 0.1) is 0 Å². The zero-order valence-corrected chi connectivity index (χ0v) is 13.4. The van der Waals surface area contributed by atoms with Crippen molar-refractivity contribution >= 4 is 34.7 Å². The second-order valence-corrected chi connectivity index (χ2v) is 5.79. The normalized spacial score (nSPS) is 12.4. The summed E-state index contributed by atoms with van der Waals surface area (Å²) in [5, 5.41) is 2.28. The van der Waals surface area contributed by atoms with Crippen molar-refractivity contribution in [2.24, 2.45) is 4.99 Å². The van der Waals surface area contributed by atoms with Gasteiger partial charge in [-0.05, 0) is 10.8 Å². The molecule has 0 fully saturated rings. The molecule has 0 aliphatic heterocycles. The van der Waals surface area contributed by atoms with Gasteiger partial charge in [0.1, 0.15) is 0 Å². The molecule has 2 rings (SSSR count). The van der Waals surface area contributed by atoms with Crippen molar-refractivity contribution in [2.75, 3.05) is 18.6 Å². The first-order valence-corrected chi connectivity index (χ1v) is 8.19. The van der Waals surface area contributed by atoms with Gasteiger partial charge in [0, 0.05) is 23.3 Å². The average Bonchev–Trinajstić information content (AvgIpc) is 2.57. The lowest BCUT2D eigenvalue weighted by Gasteiger charge is -2.09. The number of carbonyl (C=O) groups excluding carboxylic acids is 1. The highest BCUT2D eigenvalue weighted by atomic mass is 32.2. The first-order chi connectivity index (χ1) is 10.8. The number of aliphatic imine (C=N–C) groups is 1. The van der Waals surface area contributed by atoms with Gasteiger partial charge >= 0.3 is 5.97 Å². The van der Waals surface area contributed by atoms with Gasteiger partial charge in [0.2, 0.25) is 0 Å². The van der Waals surface area contributed by atoms with Crippen molar-refractivity contribution in [3.05, 3.63) is 60.7 Å². The highest BCUT2D eigenvalue weighted by Gasteiger charge is 2.17. The fourth-order valence-corrected chi connectivity index (χ4v) is 2.85. The molecule has 1 atom stereocenters. The SMILES string of the molecule is C=CCSCC(N=Cc1cccc2ccccc12)C(=O)OC. The minimum Gasteiger partial charge on any atom is -0.467 e. The van der Waals surface area contributed by atoms with Gasteiger partial charge in [0.15, 0.2) is 6.04 Å². The Hall–Kier alpha value is -2.07. The fourth-order valence-electron chi connectivity index (χ4n) is 2.10. The van der Waals surface area contributed by atoms with E-state index in [4.69, 9.17) is 4.74 Å². The third kappa shape index (κ3) is 4.21. The van der Waals surface area contributed by atoms with Crippen molar-refractivity contribution in [3.63, 3.8) is 0 Å². The molecule has 0 aliphatic rings. The second-order valence-electron chi connectivity index (χ2n) is 4.71. The molecule has 2 aromatic carbocycles. The van der Waals surface area contributed by atoms with Gasteiger partial charge in [-0.1, -0.05) is 48.5 Å². The predicted octanol–water partition coefficient (Wildman–Crippen LogP) is 3.72. The number of rotatable bonds is 7. The number of benzene rings is 2. The number of nitrogens with zero attached hydrogens (tertiary/aromatic N) is 1. The number of ether oxygens (including phenoxy) is 1. The Morgan fingerprint density at radius 2 is 2.09 bits per heavy atom. The Labute approximate surface area is 135 Å². The van der Waals surface area contributed by atoms with Crippen molar-refractivity contribution in [1.82, 2.24) is 0 Å². The van der Waals surface area contributed by atoms with Gasteiger partial charge in [-0.3, -0.25) is 4.99 Å². The van der Waals surface area contributed by atoms with Gasteiger partial charge in [-0.15, -0.1) is 6.58 Å². The van der Waals surface area contributed by atoms with Gasteiger partial charge in [0.25, 0.3) is 0 Å². The number of hydrogen-bond acceptors (Lipinski definition) is 4. The van der Waals surface area contributed by atoms with Crippen molar-refractivity contribution in [3.8, 4) is 0 Å². The summed E-state index contributed by atoms with van der Waals surface area (Å²) < 4.78 is 4.83. The van der Waals surface area contributed by atoms with Gasteiger partial charge in [-0.2, -0.15) is 11.8 Å². The van der Waals surface area contributed by atoms with Crippen LogP contribution >= 0.6 is 11.8 Å². The molecule has 114 valence electrons. The zero-order chi connectivity index (χ0) is 15.8. The summed E-state index contributed by atoms with van der Waals surface area (Å²) in [5.74, 6) is 1.06. The smallest absolute Gasteiger partial charge is 0.331 e. The number of thioether (sulfide) groups is 1. The van der Waals surface area contributed by atoms with Crippen molar-refractivity contribution in [2.45, 2.75) is 6.04 Å². The Bertz CT molecular complexity index is 676. The quantitative estimate of drug-likeness (QED) is 0.338. The van der Waals surface area contributed by atoms with Crippen LogP contribution in [0.1, 0.15) is 5.56 Å². The topological polar surface area (TPSA) is 38.7 Å². The van der Waals surface area contributed by atoms with Crippen molar-refractivity contribution < 1.29 is 9.53 Å². The monoisotopic (exact) mass is 313 g/mol. The third-order valence-corrected chi connectivity index (χ3v) is 4.22. The standard InChI is InChI=1S/C18H19NO2S/c1-3-11-22-13-17(18(20)21-2)19-12-15-9-6-8-14-7-4-5-10-16(14)15/h3-10,12,17H,1,11,13H2,2H3. The molecule has 0 saturated heterocycles. The number of hydrogen-bond donors (Lipinski definition) is 0. The molecule has 0 amide bonds. The van der Waals surface area contributed by atoms with Gasteiger partial charge in [-0.25, -0.2) is 4.79 Å². The summed E-state index contributed by atoms with van der Waals surface area (Å²) in [7, 11) is 1.39. The van der Waals surface area contributed by atoms with E-state index in [1.807, 2.05) is 30.3 Å². The Balaban J connectivity index is 2.21. The number of fused-ring (bicyclic) bond motifs is 1. The summed E-state index contributed by atoms with van der Waals surface area (Å²) in [6.07, 6.45) is 3.58. The number of methoxy groups -OCH3 is 1. The van der Waals surface area contributed by atoms with Gasteiger partial charge in [0.05, 0.1) is 7.11 Å². The molecule has 0 radical (unpaired) electrons. The van der Waals surface area contributed by atoms with E-state index in [0.717, 1.165) is 22.1 Å². The Morgan fingerprint density at radius 3 is 2.86 bits per heavy atom. The first kappa shape index (κ1) is 16.3. The molecule has 4 heteroatoms. The van der Waals surface area contributed by atoms with E-state index in [1.54, 1.807) is 18.0 Å². The van der Waals surface area contributed by atoms with Crippen LogP contribution in [0.5, 0.6) is 0 Å². The molecular weight excluding hydrogens is 294 g/mol. The zero-order valence-electron chi connectivity index (χ0n) is 12.6. The molecule has 0 spiro atoms. The van der Waals surface area contributed by atoms with Crippen LogP contribution in [-0.2, 0) is 9.53 Å². The highest BCUT2D eigenvalue weighted by Crippen LogP contribution is 2.17. The van der Waals surface area contributed by atoms with Crippen molar-refractivity contribution in [1.29, 1.82) is 0 Å². The van der Waals surface area contributed by atoms with Crippen LogP contribution in [-0.4, -0.2) is 36.8 Å². The van der Waals surface area contributed by atoms with E-state index in [1.165, 1.54) is 7.11 Å². The van der Waals surface area contributed by atoms with E-state index >= 15 is 0 Å². The largest absolute Gasteiger partial charge is 0.467 e. The van der Waals surface area contributed by atoms with Gasteiger partial charge < -0.3 is 4.74 Å². The molecule has 0 aromatic heterocycles. The summed E-state index contributed by atoms with van der Waals surface area (Å²) in [4.78, 5) is 16.2. The summed E-state index contributed by atoms with van der Waals surface area (Å²) >= 11 is 1.61. The molecule has 2 aromatic rings. The fraction of sp³-hybridized carbons (Fsp3) is 0.222. The van der Waals surface area contributed by atoms with Crippen LogP contribution in [0.15, 0.2) is 60.1 Å². The molecular formula is C18H19NO2S. The van der Waals surface area contributed by atoms with Crippen LogP contribution in [0.25, 0.3) is 10.8 Å². The third-order valence-electron chi connectivity index (χ3n) is 3.20. The molecule has 0 N–H and O–H groups in total. The number of esters is 1. The molecule has 3 nitrogen and oxygen atoms in total. The maximum Gasteiger partial charge on any atom is 0.331 e. The van der Waals surface area contributed by atoms with Crippen LogP contribution in [0.2, 0.25) is 0 Å². The summed E-state index contributed by atoms with van der Waals surface area (Å²) in [6.45, 7) is 3.67. The lowest BCUT2D eigenvalue weighted by Crippen LogP contribution is -2.23. The van der Waals surface area contributed by atoms with Crippen LogP contribution < -0.4 is 0 Å². The lowest BCUT2D eigenvalue weighted by molar-refractivity contribution is -0.141. The van der Waals surface area contributed by atoms with E-state index < -0.39 is 6.04 Å². The average molecular weight is 313 g/mol. The Kier molecular flexibility index (Phi) is 6.22. The first-order valence-electron chi connectivity index (χ1n) is 7.03. The predicted molar refractivity (Wildman–Crippen MR) is 94.9 cm³/mol. The molecule has 0 aliphatic carbocycles. The molecule has 0 heterocycles. The van der Waals surface area contributed by atoms with E-state index in [9.17, 15) is 4.79 Å². The van der Waals surface area contributed by atoms with Crippen LogP contribution in [0.4, 0.5) is 0 Å². The van der Waals surface area contributed by atoms with Crippen LogP contribution in [0.3, 0.4) is 0 Å². The lowest BCUT2D eigenvalue weighted by atomic mass is 10.1. The maximum atomic E-state index is 11.8. The van der Waals surface area contributed by atoms with E-state index in [0.29, 0.717) is 5.75 Å². The minimum absolute atomic E-state index is 0.312. The molecule has 22 heavy (non-hydrogen) atoms. The molecule has 0 bridgehead atoms. The van der Waals surface area contributed by atoms with E-state index in [-0.39, 0.29) is 5.97 Å². The number of carbonyl (C=O) groups is 1. The summed E-state index contributed by atoms with van der Waals surface area (Å²) in [6, 6.07) is 13.7. The molecule has 1 unspecified atom stereocenters. The summed E-state index contributed by atoms with van der Waals surface area (Å²) in [5.41, 5.74) is 1.00. The van der Waals surface area contributed by atoms with E-state index in [2.05, 4.69) is 29.8 Å². The minimum atomic E-state index is -0.492.